The Labute approximate surface area is 104 Å². The summed E-state index contributed by atoms with van der Waals surface area (Å²) in [5, 5.41) is 8.95. The summed E-state index contributed by atoms with van der Waals surface area (Å²) in [6.07, 6.45) is 0. The van der Waals surface area contributed by atoms with E-state index in [1.54, 1.807) is 6.07 Å². The molecule has 2 aromatic rings. The maximum Gasteiger partial charge on any atom is 0.124 e. The summed E-state index contributed by atoms with van der Waals surface area (Å²) in [4.78, 5) is 1.83. The summed E-state index contributed by atoms with van der Waals surface area (Å²) >= 11 is 1.47. The van der Waals surface area contributed by atoms with E-state index >= 15 is 0 Å². The molecule has 0 bridgehead atoms. The van der Waals surface area contributed by atoms with Gasteiger partial charge in [-0.15, -0.1) is 0 Å². The van der Waals surface area contributed by atoms with Crippen LogP contribution in [0.1, 0.15) is 11.1 Å². The van der Waals surface area contributed by atoms with Crippen LogP contribution in [0.5, 0.6) is 0 Å². The van der Waals surface area contributed by atoms with Gasteiger partial charge in [-0.25, -0.2) is 4.39 Å². The van der Waals surface area contributed by atoms with Gasteiger partial charge in [-0.05, 0) is 37.3 Å². The Bertz CT molecular complexity index is 587. The van der Waals surface area contributed by atoms with Crippen molar-refractivity contribution >= 4 is 11.8 Å². The molecule has 0 saturated heterocycles. The Hall–Kier alpha value is -1.79. The third kappa shape index (κ3) is 2.86. The van der Waals surface area contributed by atoms with Gasteiger partial charge in [-0.1, -0.05) is 29.5 Å². The molecule has 0 spiro atoms. The molecule has 0 radical (unpaired) electrons. The lowest BCUT2D eigenvalue weighted by atomic mass is 10.2. The van der Waals surface area contributed by atoms with Gasteiger partial charge in [0.1, 0.15) is 11.9 Å². The quantitative estimate of drug-likeness (QED) is 0.790. The zero-order chi connectivity index (χ0) is 12.3. The Kier molecular flexibility index (Phi) is 3.46. The Morgan fingerprint density at radius 2 is 2.00 bits per heavy atom. The van der Waals surface area contributed by atoms with Gasteiger partial charge in [0.25, 0.3) is 0 Å². The van der Waals surface area contributed by atoms with E-state index in [4.69, 9.17) is 5.26 Å². The summed E-state index contributed by atoms with van der Waals surface area (Å²) in [5.74, 6) is -0.379. The average molecular weight is 243 g/mol. The first kappa shape index (κ1) is 11.7. The number of nitriles is 1. The van der Waals surface area contributed by atoms with Crippen molar-refractivity contribution in [2.45, 2.75) is 16.7 Å². The van der Waals surface area contributed by atoms with Crippen molar-refractivity contribution in [1.29, 1.82) is 5.26 Å². The van der Waals surface area contributed by atoms with Crippen LogP contribution in [0, 0.1) is 24.1 Å². The van der Waals surface area contributed by atoms with Crippen LogP contribution in [0.15, 0.2) is 52.3 Å². The van der Waals surface area contributed by atoms with Gasteiger partial charge in [-0.2, -0.15) is 5.26 Å². The summed E-state index contributed by atoms with van der Waals surface area (Å²) in [5.41, 5.74) is 1.53. The Morgan fingerprint density at radius 1 is 1.18 bits per heavy atom. The predicted octanol–water partition coefficient (Wildman–Crippen LogP) is 4.16. The highest BCUT2D eigenvalue weighted by Crippen LogP contribution is 2.30. The highest BCUT2D eigenvalue weighted by atomic mass is 32.2. The van der Waals surface area contributed by atoms with Crippen molar-refractivity contribution in [3.8, 4) is 6.07 Å². The fourth-order valence-electron chi connectivity index (χ4n) is 1.48. The maximum atomic E-state index is 13.0. The Balaban J connectivity index is 2.34. The lowest BCUT2D eigenvalue weighted by molar-refractivity contribution is 0.626. The lowest BCUT2D eigenvalue weighted by Gasteiger charge is -2.04. The Morgan fingerprint density at radius 3 is 2.71 bits per heavy atom. The monoisotopic (exact) mass is 243 g/mol. The molecule has 0 fully saturated rings. The molecular formula is C14H10FNS. The average Bonchev–Trinajstić information content (AvgIpc) is 2.31. The molecule has 3 heteroatoms. The molecular weight excluding hydrogens is 233 g/mol. The first-order valence-electron chi connectivity index (χ1n) is 5.13. The van der Waals surface area contributed by atoms with Crippen LogP contribution in [-0.2, 0) is 0 Å². The van der Waals surface area contributed by atoms with Crippen molar-refractivity contribution < 1.29 is 4.39 Å². The second kappa shape index (κ2) is 5.03. The normalized spacial score (nSPS) is 9.94. The van der Waals surface area contributed by atoms with Crippen molar-refractivity contribution in [2.75, 3.05) is 0 Å². The molecule has 0 unspecified atom stereocenters. The minimum atomic E-state index is -0.379. The van der Waals surface area contributed by atoms with E-state index in [0.29, 0.717) is 5.56 Å². The van der Waals surface area contributed by atoms with Crippen LogP contribution in [0.4, 0.5) is 4.39 Å². The predicted molar refractivity (Wildman–Crippen MR) is 66.4 cm³/mol. The number of nitrogens with zero attached hydrogens (tertiary/aromatic N) is 1. The molecule has 0 heterocycles. The van der Waals surface area contributed by atoms with Crippen LogP contribution in [0.25, 0.3) is 0 Å². The van der Waals surface area contributed by atoms with Crippen molar-refractivity contribution in [3.63, 3.8) is 0 Å². The second-order valence-corrected chi connectivity index (χ2v) is 4.79. The highest BCUT2D eigenvalue weighted by Gasteiger charge is 2.05. The van der Waals surface area contributed by atoms with Gasteiger partial charge in [0.2, 0.25) is 0 Å². The second-order valence-electron chi connectivity index (χ2n) is 3.67. The van der Waals surface area contributed by atoms with Crippen LogP contribution in [-0.4, -0.2) is 0 Å². The van der Waals surface area contributed by atoms with Crippen molar-refractivity contribution in [1.82, 2.24) is 0 Å². The largest absolute Gasteiger partial charge is 0.207 e. The van der Waals surface area contributed by atoms with E-state index in [0.717, 1.165) is 15.4 Å². The molecule has 0 aliphatic carbocycles. The fraction of sp³-hybridized carbons (Fsp3) is 0.0714. The number of halogens is 1. The lowest BCUT2D eigenvalue weighted by Crippen LogP contribution is -1.84. The highest BCUT2D eigenvalue weighted by molar-refractivity contribution is 7.99. The summed E-state index contributed by atoms with van der Waals surface area (Å²) in [7, 11) is 0. The minimum absolute atomic E-state index is 0.372. The van der Waals surface area contributed by atoms with Crippen molar-refractivity contribution in [2.24, 2.45) is 0 Å². The zero-order valence-corrected chi connectivity index (χ0v) is 10.1. The number of aryl methyl sites for hydroxylation is 1. The number of hydrogen-bond acceptors (Lipinski definition) is 2. The van der Waals surface area contributed by atoms with Crippen LogP contribution in [0.3, 0.4) is 0 Å². The standard InChI is InChI=1S/C14H10FNS/c1-10-3-2-4-13(7-10)17-14-6-5-12(15)8-11(14)9-16/h2-8H,1H3. The van der Waals surface area contributed by atoms with E-state index in [1.165, 1.54) is 23.9 Å². The third-order valence-corrected chi connectivity index (χ3v) is 3.34. The van der Waals surface area contributed by atoms with Crippen LogP contribution < -0.4 is 0 Å². The molecule has 17 heavy (non-hydrogen) atoms. The van der Waals surface area contributed by atoms with E-state index < -0.39 is 0 Å². The number of rotatable bonds is 2. The molecule has 0 amide bonds. The summed E-state index contributed by atoms with van der Waals surface area (Å²) < 4.78 is 13.0. The molecule has 0 atom stereocenters. The molecule has 2 rings (SSSR count). The van der Waals surface area contributed by atoms with Gasteiger partial charge in [0.15, 0.2) is 0 Å². The smallest absolute Gasteiger partial charge is 0.124 e. The van der Waals surface area contributed by atoms with E-state index in [-0.39, 0.29) is 5.82 Å². The number of hydrogen-bond donors (Lipinski definition) is 0. The molecule has 0 aliphatic heterocycles. The molecule has 0 N–H and O–H groups in total. The van der Waals surface area contributed by atoms with Gasteiger partial charge >= 0.3 is 0 Å². The molecule has 0 saturated carbocycles. The first-order valence-corrected chi connectivity index (χ1v) is 5.95. The summed E-state index contributed by atoms with van der Waals surface area (Å²) in [6.45, 7) is 2.01. The molecule has 1 nitrogen and oxygen atoms in total. The van der Waals surface area contributed by atoms with Gasteiger partial charge in [-0.3, -0.25) is 0 Å². The van der Waals surface area contributed by atoms with Crippen LogP contribution in [0.2, 0.25) is 0 Å². The topological polar surface area (TPSA) is 23.8 Å². The van der Waals surface area contributed by atoms with E-state index in [1.807, 2.05) is 37.3 Å². The summed E-state index contributed by atoms with van der Waals surface area (Å²) in [6, 6.07) is 14.3. The maximum absolute atomic E-state index is 13.0. The van der Waals surface area contributed by atoms with E-state index in [9.17, 15) is 4.39 Å². The van der Waals surface area contributed by atoms with Gasteiger partial charge < -0.3 is 0 Å². The first-order chi connectivity index (χ1) is 8.19. The SMILES string of the molecule is Cc1cccc(Sc2ccc(F)cc2C#N)c1. The van der Waals surface area contributed by atoms with E-state index in [2.05, 4.69) is 0 Å². The number of benzene rings is 2. The van der Waals surface area contributed by atoms with Gasteiger partial charge in [0.05, 0.1) is 5.56 Å². The van der Waals surface area contributed by atoms with Crippen molar-refractivity contribution in [3.05, 3.63) is 59.4 Å². The molecule has 0 aliphatic rings. The molecule has 2 aromatic carbocycles. The van der Waals surface area contributed by atoms with Gasteiger partial charge in [0, 0.05) is 9.79 Å². The molecule has 0 aromatic heterocycles. The zero-order valence-electron chi connectivity index (χ0n) is 9.27. The fourth-order valence-corrected chi connectivity index (χ4v) is 2.48. The minimum Gasteiger partial charge on any atom is -0.207 e. The molecule has 84 valence electrons. The third-order valence-electron chi connectivity index (χ3n) is 2.28. The van der Waals surface area contributed by atoms with Crippen LogP contribution >= 0.6 is 11.8 Å².